The van der Waals surface area contributed by atoms with Crippen LogP contribution in [0.4, 0.5) is 0 Å². The zero-order valence-electron chi connectivity index (χ0n) is 11.9. The summed E-state index contributed by atoms with van der Waals surface area (Å²) in [5.41, 5.74) is 0.906. The van der Waals surface area contributed by atoms with Crippen LogP contribution in [0.3, 0.4) is 0 Å². The highest BCUT2D eigenvalue weighted by molar-refractivity contribution is 5.75. The Hall–Kier alpha value is -2.08. The predicted molar refractivity (Wildman–Crippen MR) is 75.5 cm³/mol. The van der Waals surface area contributed by atoms with Crippen molar-refractivity contribution in [1.82, 2.24) is 15.2 Å². The van der Waals surface area contributed by atoms with Crippen molar-refractivity contribution in [3.63, 3.8) is 0 Å². The van der Waals surface area contributed by atoms with E-state index in [0.29, 0.717) is 16.8 Å². The number of aromatic nitrogens is 3. The number of hydrogen-bond donors (Lipinski definition) is 1. The number of methoxy groups -OCH3 is 1. The molecule has 1 heterocycles. The summed E-state index contributed by atoms with van der Waals surface area (Å²) in [5.74, 6) is 0.709. The average molecular weight is 277 g/mol. The summed E-state index contributed by atoms with van der Waals surface area (Å²) in [4.78, 5) is 6.81. The number of aliphatic hydroxyl groups excluding tert-OH is 1. The lowest BCUT2D eigenvalue weighted by Crippen LogP contribution is -2.40. The topological polar surface area (TPSA) is 69.4 Å². The molecule has 0 aliphatic carbocycles. The van der Waals surface area contributed by atoms with Gasteiger partial charge in [-0.25, -0.2) is 0 Å². The average Bonchev–Trinajstić information content (AvgIpc) is 2.85. The van der Waals surface area contributed by atoms with Gasteiger partial charge in [-0.15, -0.1) is 10.2 Å². The highest BCUT2D eigenvalue weighted by atomic mass is 16.7. The maximum Gasteiger partial charge on any atom is 0.154 e. The summed E-state index contributed by atoms with van der Waals surface area (Å²) < 4.78 is 5.14. The molecule has 1 unspecified atom stereocenters. The fourth-order valence-corrected chi connectivity index (χ4v) is 1.74. The molecule has 0 aliphatic heterocycles. The summed E-state index contributed by atoms with van der Waals surface area (Å²) >= 11 is 0. The van der Waals surface area contributed by atoms with Crippen LogP contribution in [0.25, 0.3) is 11.0 Å². The van der Waals surface area contributed by atoms with Crippen molar-refractivity contribution in [2.45, 2.75) is 20.0 Å². The summed E-state index contributed by atoms with van der Waals surface area (Å²) in [6, 6.07) is 5.40. The molecule has 0 fully saturated rings. The molecule has 1 N–H and O–H groups in total. The van der Waals surface area contributed by atoms with E-state index in [9.17, 15) is 5.11 Å². The molecule has 2 rings (SSSR count). The first-order valence-electron chi connectivity index (χ1n) is 6.32. The van der Waals surface area contributed by atoms with Crippen LogP contribution in [0.15, 0.2) is 30.9 Å². The molecule has 108 valence electrons. The predicted octanol–water partition coefficient (Wildman–Crippen LogP) is 1.44. The van der Waals surface area contributed by atoms with Crippen molar-refractivity contribution in [1.29, 1.82) is 0 Å². The van der Waals surface area contributed by atoms with Crippen molar-refractivity contribution in [3.8, 4) is 5.75 Å². The van der Waals surface area contributed by atoms with Crippen molar-refractivity contribution in [3.05, 3.63) is 30.9 Å². The fraction of sp³-hybridized carbons (Fsp3) is 0.429. The second-order valence-electron chi connectivity index (χ2n) is 5.22. The molecule has 20 heavy (non-hydrogen) atoms. The first kappa shape index (κ1) is 14.3. The van der Waals surface area contributed by atoms with E-state index in [4.69, 9.17) is 9.57 Å². The Balaban J connectivity index is 2.27. The number of hydrogen-bond acceptors (Lipinski definition) is 5. The molecule has 0 amide bonds. The van der Waals surface area contributed by atoms with E-state index in [0.717, 1.165) is 4.96 Å². The quantitative estimate of drug-likeness (QED) is 0.809. The van der Waals surface area contributed by atoms with E-state index in [1.807, 2.05) is 19.9 Å². The van der Waals surface area contributed by atoms with Crippen molar-refractivity contribution >= 4 is 11.0 Å². The number of nitrogens with zero attached hydrogens (tertiary/aromatic N) is 3. The zero-order valence-corrected chi connectivity index (χ0v) is 11.9. The van der Waals surface area contributed by atoms with E-state index < -0.39 is 11.5 Å². The molecule has 0 aliphatic rings. The van der Waals surface area contributed by atoms with Crippen LogP contribution < -0.4 is 9.57 Å². The van der Waals surface area contributed by atoms with Crippen molar-refractivity contribution < 1.29 is 14.7 Å². The molecule has 0 saturated carbocycles. The number of aliphatic hydroxyl groups is 1. The van der Waals surface area contributed by atoms with Crippen molar-refractivity contribution in [2.24, 2.45) is 5.41 Å². The third kappa shape index (κ3) is 2.75. The van der Waals surface area contributed by atoms with Crippen LogP contribution in [-0.4, -0.2) is 40.1 Å². The van der Waals surface area contributed by atoms with Gasteiger partial charge in [0.2, 0.25) is 0 Å². The second kappa shape index (κ2) is 5.50. The fourth-order valence-electron chi connectivity index (χ4n) is 1.74. The summed E-state index contributed by atoms with van der Waals surface area (Å²) in [6.07, 6.45) is 1.22. The normalized spacial score (nSPS) is 13.2. The lowest BCUT2D eigenvalue weighted by Gasteiger charge is -2.28. The summed E-state index contributed by atoms with van der Waals surface area (Å²) in [7, 11) is 1.60. The minimum Gasteiger partial charge on any atom is -0.497 e. The minimum absolute atomic E-state index is 0.0295. The molecule has 1 aromatic carbocycles. The lowest BCUT2D eigenvalue weighted by molar-refractivity contribution is -0.0559. The van der Waals surface area contributed by atoms with Gasteiger partial charge in [-0.1, -0.05) is 20.4 Å². The molecule has 1 aromatic heterocycles. The Morgan fingerprint density at radius 1 is 1.40 bits per heavy atom. The standard InChI is InChI=1S/C14H19N3O3/c1-5-13(14(2,3)9-18)20-17-15-11-7-6-10(19-4)8-12(11)16-17/h5-8,13,18H,1,9H2,2-4H3. The Labute approximate surface area is 117 Å². The number of benzene rings is 1. The van der Waals surface area contributed by atoms with Gasteiger partial charge in [-0.2, -0.15) is 0 Å². The van der Waals surface area contributed by atoms with Gasteiger partial charge >= 0.3 is 0 Å². The van der Waals surface area contributed by atoms with E-state index >= 15 is 0 Å². The molecule has 0 bridgehead atoms. The molecule has 0 spiro atoms. The highest BCUT2D eigenvalue weighted by Gasteiger charge is 2.29. The first-order chi connectivity index (χ1) is 9.50. The van der Waals surface area contributed by atoms with Gasteiger partial charge in [0.25, 0.3) is 0 Å². The third-order valence-electron chi connectivity index (χ3n) is 3.17. The molecule has 6 nitrogen and oxygen atoms in total. The number of fused-ring (bicyclic) bond motifs is 1. The Bertz CT molecular complexity index is 607. The molecule has 0 radical (unpaired) electrons. The number of rotatable bonds is 6. The van der Waals surface area contributed by atoms with Crippen LogP contribution >= 0.6 is 0 Å². The lowest BCUT2D eigenvalue weighted by atomic mass is 9.88. The third-order valence-corrected chi connectivity index (χ3v) is 3.17. The summed E-state index contributed by atoms with van der Waals surface area (Å²) in [5, 5.41) is 17.8. The Morgan fingerprint density at radius 3 is 2.70 bits per heavy atom. The van der Waals surface area contributed by atoms with Gasteiger partial charge in [0.1, 0.15) is 16.8 Å². The maximum atomic E-state index is 9.39. The van der Waals surface area contributed by atoms with Crippen LogP contribution in [0.1, 0.15) is 13.8 Å². The smallest absolute Gasteiger partial charge is 0.154 e. The molecule has 0 saturated heterocycles. The largest absolute Gasteiger partial charge is 0.497 e. The van der Waals surface area contributed by atoms with Gasteiger partial charge in [0, 0.05) is 11.5 Å². The molecule has 2 aromatic rings. The van der Waals surface area contributed by atoms with Gasteiger partial charge < -0.3 is 14.7 Å². The first-order valence-corrected chi connectivity index (χ1v) is 6.32. The van der Waals surface area contributed by atoms with Crippen LogP contribution in [0.5, 0.6) is 5.75 Å². The van der Waals surface area contributed by atoms with E-state index in [1.54, 1.807) is 25.3 Å². The molecule has 1 atom stereocenters. The Kier molecular flexibility index (Phi) is 3.94. The van der Waals surface area contributed by atoms with Gasteiger partial charge in [-0.3, -0.25) is 0 Å². The zero-order chi connectivity index (χ0) is 14.8. The van der Waals surface area contributed by atoms with Crippen LogP contribution in [0.2, 0.25) is 0 Å². The van der Waals surface area contributed by atoms with E-state index in [1.165, 1.54) is 0 Å². The summed E-state index contributed by atoms with van der Waals surface area (Å²) in [6.45, 7) is 7.46. The Morgan fingerprint density at radius 2 is 2.10 bits per heavy atom. The number of ether oxygens (including phenoxy) is 1. The highest BCUT2D eigenvalue weighted by Crippen LogP contribution is 2.22. The SMILES string of the molecule is C=CC(On1nc2ccc(OC)cc2n1)C(C)(C)CO. The van der Waals surface area contributed by atoms with E-state index in [2.05, 4.69) is 16.8 Å². The van der Waals surface area contributed by atoms with Gasteiger partial charge in [0.15, 0.2) is 6.10 Å². The molecule has 6 heteroatoms. The monoisotopic (exact) mass is 277 g/mol. The minimum atomic E-state index is -0.473. The van der Waals surface area contributed by atoms with E-state index in [-0.39, 0.29) is 6.61 Å². The second-order valence-corrected chi connectivity index (χ2v) is 5.22. The van der Waals surface area contributed by atoms with Gasteiger partial charge in [0.05, 0.1) is 13.7 Å². The van der Waals surface area contributed by atoms with Gasteiger partial charge in [-0.05, 0) is 23.2 Å². The van der Waals surface area contributed by atoms with Crippen LogP contribution in [-0.2, 0) is 0 Å². The van der Waals surface area contributed by atoms with Crippen molar-refractivity contribution in [2.75, 3.05) is 13.7 Å². The molecular formula is C14H19N3O3. The maximum absolute atomic E-state index is 9.39. The van der Waals surface area contributed by atoms with Crippen LogP contribution in [0, 0.1) is 5.41 Å². The molecular weight excluding hydrogens is 258 g/mol.